The second kappa shape index (κ2) is 7.45. The summed E-state index contributed by atoms with van der Waals surface area (Å²) in [4.78, 5) is 6.69. The second-order valence-electron chi connectivity index (χ2n) is 4.34. The number of hydrogen-bond acceptors (Lipinski definition) is 3. The molecule has 1 aromatic rings. The van der Waals surface area contributed by atoms with E-state index < -0.39 is 0 Å². The van der Waals surface area contributed by atoms with Crippen LogP contribution in [0.1, 0.15) is 45.3 Å². The minimum Gasteiger partial charge on any atom is -0.333 e. The SMILES string of the molecule is CCCCN(CC)C(CN)c1cncn1CC. The number of hydrogen-bond donors (Lipinski definition) is 1. The predicted molar refractivity (Wildman–Crippen MR) is 71.9 cm³/mol. The Labute approximate surface area is 105 Å². The zero-order valence-corrected chi connectivity index (χ0v) is 11.4. The molecule has 4 nitrogen and oxygen atoms in total. The van der Waals surface area contributed by atoms with Crippen molar-refractivity contribution < 1.29 is 0 Å². The van der Waals surface area contributed by atoms with Crippen molar-refractivity contribution in [3.8, 4) is 0 Å². The smallest absolute Gasteiger partial charge is 0.0948 e. The third-order valence-electron chi connectivity index (χ3n) is 3.30. The van der Waals surface area contributed by atoms with Crippen LogP contribution in [-0.2, 0) is 6.54 Å². The third-order valence-corrected chi connectivity index (χ3v) is 3.30. The van der Waals surface area contributed by atoms with Crippen molar-refractivity contribution in [1.29, 1.82) is 0 Å². The summed E-state index contributed by atoms with van der Waals surface area (Å²) in [5, 5.41) is 0. The highest BCUT2D eigenvalue weighted by atomic mass is 15.2. The molecule has 0 aliphatic rings. The molecule has 0 bridgehead atoms. The van der Waals surface area contributed by atoms with Gasteiger partial charge in [0.15, 0.2) is 0 Å². The van der Waals surface area contributed by atoms with Crippen LogP contribution in [0, 0.1) is 0 Å². The van der Waals surface area contributed by atoms with Gasteiger partial charge in [-0.05, 0) is 26.4 Å². The fourth-order valence-electron chi connectivity index (χ4n) is 2.23. The van der Waals surface area contributed by atoms with Crippen LogP contribution < -0.4 is 5.73 Å². The Bertz CT molecular complexity index is 308. The molecule has 0 aliphatic heterocycles. The Morgan fingerprint density at radius 2 is 2.18 bits per heavy atom. The van der Waals surface area contributed by atoms with E-state index in [1.54, 1.807) is 0 Å². The van der Waals surface area contributed by atoms with Crippen LogP contribution in [0.15, 0.2) is 12.5 Å². The summed E-state index contributed by atoms with van der Waals surface area (Å²) in [7, 11) is 0. The lowest BCUT2D eigenvalue weighted by Crippen LogP contribution is -2.35. The van der Waals surface area contributed by atoms with Gasteiger partial charge in [0.25, 0.3) is 0 Å². The first kappa shape index (κ1) is 14.2. The number of nitrogens with two attached hydrogens (primary N) is 1. The topological polar surface area (TPSA) is 47.1 Å². The fourth-order valence-corrected chi connectivity index (χ4v) is 2.23. The summed E-state index contributed by atoms with van der Waals surface area (Å²) in [5.74, 6) is 0. The molecule has 0 fully saturated rings. The number of nitrogens with zero attached hydrogens (tertiary/aromatic N) is 3. The molecule has 1 rings (SSSR count). The Balaban J connectivity index is 2.81. The molecule has 0 amide bonds. The first-order valence-corrected chi connectivity index (χ1v) is 6.72. The van der Waals surface area contributed by atoms with Crippen molar-refractivity contribution in [1.82, 2.24) is 14.5 Å². The van der Waals surface area contributed by atoms with Crippen molar-refractivity contribution >= 4 is 0 Å². The molecule has 0 spiro atoms. The van der Waals surface area contributed by atoms with E-state index in [9.17, 15) is 0 Å². The molecule has 0 aromatic carbocycles. The van der Waals surface area contributed by atoms with Gasteiger partial charge in [0.1, 0.15) is 0 Å². The zero-order valence-electron chi connectivity index (χ0n) is 11.4. The van der Waals surface area contributed by atoms with E-state index in [1.807, 2.05) is 12.5 Å². The van der Waals surface area contributed by atoms with Crippen LogP contribution >= 0.6 is 0 Å². The van der Waals surface area contributed by atoms with Gasteiger partial charge in [-0.1, -0.05) is 20.3 Å². The number of unbranched alkanes of at least 4 members (excludes halogenated alkanes) is 1. The highest BCUT2D eigenvalue weighted by Crippen LogP contribution is 2.19. The molecule has 17 heavy (non-hydrogen) atoms. The van der Waals surface area contributed by atoms with E-state index in [4.69, 9.17) is 5.73 Å². The molecule has 1 unspecified atom stereocenters. The molecule has 0 saturated heterocycles. The van der Waals surface area contributed by atoms with Crippen molar-refractivity contribution in [3.63, 3.8) is 0 Å². The molecule has 0 saturated carbocycles. The van der Waals surface area contributed by atoms with Crippen LogP contribution in [0.2, 0.25) is 0 Å². The zero-order chi connectivity index (χ0) is 12.7. The van der Waals surface area contributed by atoms with Crippen LogP contribution in [0.4, 0.5) is 0 Å². The maximum atomic E-state index is 5.95. The van der Waals surface area contributed by atoms with E-state index in [1.165, 1.54) is 18.5 Å². The van der Waals surface area contributed by atoms with Gasteiger partial charge in [0.2, 0.25) is 0 Å². The third kappa shape index (κ3) is 3.54. The van der Waals surface area contributed by atoms with Gasteiger partial charge >= 0.3 is 0 Å². The lowest BCUT2D eigenvalue weighted by atomic mass is 10.1. The molecule has 0 radical (unpaired) electrons. The summed E-state index contributed by atoms with van der Waals surface area (Å²) in [6.07, 6.45) is 6.30. The van der Waals surface area contributed by atoms with Gasteiger partial charge in [-0.2, -0.15) is 0 Å². The van der Waals surface area contributed by atoms with Crippen LogP contribution in [0.5, 0.6) is 0 Å². The highest BCUT2D eigenvalue weighted by Gasteiger charge is 2.20. The van der Waals surface area contributed by atoms with Crippen molar-refractivity contribution in [2.45, 2.75) is 46.2 Å². The lowest BCUT2D eigenvalue weighted by molar-refractivity contribution is 0.201. The minimum atomic E-state index is 0.300. The summed E-state index contributed by atoms with van der Waals surface area (Å²) in [5.41, 5.74) is 7.20. The molecule has 2 N–H and O–H groups in total. The first-order chi connectivity index (χ1) is 8.28. The van der Waals surface area contributed by atoms with E-state index in [0.717, 1.165) is 19.6 Å². The summed E-state index contributed by atoms with van der Waals surface area (Å²) >= 11 is 0. The number of aryl methyl sites for hydroxylation is 1. The van der Waals surface area contributed by atoms with E-state index in [2.05, 4.69) is 35.2 Å². The lowest BCUT2D eigenvalue weighted by Gasteiger charge is -2.30. The molecule has 98 valence electrons. The molecular weight excluding hydrogens is 212 g/mol. The standard InChI is InChI=1S/C13H26N4/c1-4-7-8-16(5-2)12(9-14)13-10-15-11-17(13)6-3/h10-12H,4-9,14H2,1-3H3. The minimum absolute atomic E-state index is 0.300. The summed E-state index contributed by atoms with van der Waals surface area (Å²) in [6.45, 7) is 10.3. The maximum absolute atomic E-state index is 5.95. The molecule has 4 heteroatoms. The average molecular weight is 238 g/mol. The molecule has 0 aliphatic carbocycles. The molecular formula is C13H26N4. The van der Waals surface area contributed by atoms with Gasteiger partial charge in [-0.3, -0.25) is 4.90 Å². The largest absolute Gasteiger partial charge is 0.333 e. The highest BCUT2D eigenvalue weighted by molar-refractivity contribution is 5.06. The van der Waals surface area contributed by atoms with Crippen LogP contribution in [0.3, 0.4) is 0 Å². The van der Waals surface area contributed by atoms with Crippen LogP contribution in [0.25, 0.3) is 0 Å². The van der Waals surface area contributed by atoms with E-state index in [0.29, 0.717) is 12.6 Å². The van der Waals surface area contributed by atoms with E-state index in [-0.39, 0.29) is 0 Å². The first-order valence-electron chi connectivity index (χ1n) is 6.72. The van der Waals surface area contributed by atoms with Gasteiger partial charge in [0.05, 0.1) is 18.1 Å². The van der Waals surface area contributed by atoms with Gasteiger partial charge < -0.3 is 10.3 Å². The van der Waals surface area contributed by atoms with Gasteiger partial charge in [-0.25, -0.2) is 4.98 Å². The monoisotopic (exact) mass is 238 g/mol. The van der Waals surface area contributed by atoms with Crippen LogP contribution in [-0.4, -0.2) is 34.1 Å². The number of aromatic nitrogens is 2. The predicted octanol–water partition coefficient (Wildman–Crippen LogP) is 2.02. The van der Waals surface area contributed by atoms with Gasteiger partial charge in [-0.15, -0.1) is 0 Å². The Kier molecular flexibility index (Phi) is 6.22. The summed E-state index contributed by atoms with van der Waals surface area (Å²) in [6, 6.07) is 0.300. The maximum Gasteiger partial charge on any atom is 0.0948 e. The number of imidazole rings is 1. The second-order valence-corrected chi connectivity index (χ2v) is 4.34. The van der Waals surface area contributed by atoms with E-state index >= 15 is 0 Å². The summed E-state index contributed by atoms with van der Waals surface area (Å²) < 4.78 is 2.19. The Hall–Kier alpha value is -0.870. The molecule has 1 heterocycles. The van der Waals surface area contributed by atoms with Crippen molar-refractivity contribution in [2.24, 2.45) is 5.73 Å². The molecule has 1 atom stereocenters. The van der Waals surface area contributed by atoms with Crippen molar-refractivity contribution in [3.05, 3.63) is 18.2 Å². The quantitative estimate of drug-likeness (QED) is 0.754. The Morgan fingerprint density at radius 1 is 1.41 bits per heavy atom. The normalized spacial score (nSPS) is 13.2. The molecule has 1 aromatic heterocycles. The number of rotatable bonds is 8. The Morgan fingerprint density at radius 3 is 2.71 bits per heavy atom. The van der Waals surface area contributed by atoms with Crippen molar-refractivity contribution in [2.75, 3.05) is 19.6 Å². The van der Waals surface area contributed by atoms with Gasteiger partial charge in [0, 0.05) is 19.3 Å². The average Bonchev–Trinajstić information content (AvgIpc) is 2.82. The fraction of sp³-hybridized carbons (Fsp3) is 0.769. The number of likely N-dealkylation sites (N-methyl/N-ethyl adjacent to an activating group) is 1.